The van der Waals surface area contributed by atoms with Gasteiger partial charge in [-0.2, -0.15) is 0 Å². The average Bonchev–Trinajstić information content (AvgIpc) is 2.01. The van der Waals surface area contributed by atoms with E-state index in [0.29, 0.717) is 13.1 Å². The second kappa shape index (κ2) is 5.93. The van der Waals surface area contributed by atoms with Gasteiger partial charge in [0.2, 0.25) is 10.0 Å². The van der Waals surface area contributed by atoms with Crippen LogP contribution in [0.3, 0.4) is 0 Å². The van der Waals surface area contributed by atoms with E-state index in [1.807, 2.05) is 0 Å². The summed E-state index contributed by atoms with van der Waals surface area (Å²) in [7, 11) is -3.07. The van der Waals surface area contributed by atoms with E-state index < -0.39 is 10.0 Å². The molecule has 0 saturated carbocycles. The van der Waals surface area contributed by atoms with Crippen molar-refractivity contribution in [2.75, 3.05) is 24.7 Å². The number of halogens is 1. The second-order valence-electron chi connectivity index (χ2n) is 3.67. The minimum atomic E-state index is -3.07. The molecule has 0 N–H and O–H groups in total. The molecule has 5 heteroatoms. The Morgan fingerprint density at radius 3 is 2.00 bits per heavy atom. The lowest BCUT2D eigenvalue weighted by atomic mass is 10.1. The van der Waals surface area contributed by atoms with Gasteiger partial charge in [-0.1, -0.05) is 19.3 Å². The molecule has 3 nitrogen and oxygen atoms in total. The van der Waals surface area contributed by atoms with E-state index >= 15 is 0 Å². The summed E-state index contributed by atoms with van der Waals surface area (Å²) in [6.45, 7) is 1.36. The first-order valence-corrected chi connectivity index (χ1v) is 7.35. The Labute approximate surface area is 91.5 Å². The van der Waals surface area contributed by atoms with Crippen molar-refractivity contribution in [1.82, 2.24) is 4.31 Å². The third-order valence-corrected chi connectivity index (χ3v) is 4.83. The van der Waals surface area contributed by atoms with Gasteiger partial charge in [0.05, 0.1) is 5.75 Å². The highest BCUT2D eigenvalue weighted by molar-refractivity contribution is 7.89. The van der Waals surface area contributed by atoms with Crippen molar-refractivity contribution >= 4 is 21.6 Å². The van der Waals surface area contributed by atoms with Gasteiger partial charge in [0.25, 0.3) is 0 Å². The van der Waals surface area contributed by atoms with E-state index in [1.165, 1.54) is 6.42 Å². The third-order valence-electron chi connectivity index (χ3n) is 2.54. The number of nitrogens with zero attached hydrogens (tertiary/aromatic N) is 1. The molecule has 14 heavy (non-hydrogen) atoms. The highest BCUT2D eigenvalue weighted by Crippen LogP contribution is 2.13. The van der Waals surface area contributed by atoms with Crippen molar-refractivity contribution in [2.45, 2.75) is 32.1 Å². The van der Waals surface area contributed by atoms with Gasteiger partial charge in [-0.05, 0) is 12.8 Å². The normalized spacial score (nSPS) is 21.5. The highest BCUT2D eigenvalue weighted by Gasteiger charge is 2.21. The third kappa shape index (κ3) is 3.75. The average molecular weight is 240 g/mol. The molecule has 0 aromatic rings. The van der Waals surface area contributed by atoms with Gasteiger partial charge in [0.15, 0.2) is 0 Å². The Bertz CT molecular complexity index is 246. The zero-order valence-corrected chi connectivity index (χ0v) is 9.99. The molecule has 0 aromatic heterocycles. The zero-order chi connectivity index (χ0) is 10.4. The first kappa shape index (κ1) is 12.3. The van der Waals surface area contributed by atoms with Crippen LogP contribution in [0.15, 0.2) is 0 Å². The smallest absolute Gasteiger partial charge is 0.212 e. The van der Waals surface area contributed by atoms with Crippen LogP contribution >= 0.6 is 11.6 Å². The summed E-state index contributed by atoms with van der Waals surface area (Å²) in [5, 5.41) is 0. The molecule has 0 aromatic carbocycles. The maximum absolute atomic E-state index is 11.7. The minimum absolute atomic E-state index is 0.0779. The fraction of sp³-hybridized carbons (Fsp3) is 1.00. The summed E-state index contributed by atoms with van der Waals surface area (Å²) in [6, 6.07) is 0. The maximum Gasteiger partial charge on any atom is 0.215 e. The van der Waals surface area contributed by atoms with Crippen LogP contribution in [0.4, 0.5) is 0 Å². The Hall–Kier alpha value is 0.200. The molecule has 0 radical (unpaired) electrons. The van der Waals surface area contributed by atoms with Gasteiger partial charge in [0, 0.05) is 19.0 Å². The fourth-order valence-corrected chi connectivity index (χ4v) is 3.58. The summed E-state index contributed by atoms with van der Waals surface area (Å²) in [6.07, 6.45) is 5.51. The molecule has 0 bridgehead atoms. The first-order valence-electron chi connectivity index (χ1n) is 5.20. The summed E-state index contributed by atoms with van der Waals surface area (Å²) < 4.78 is 25.0. The monoisotopic (exact) mass is 239 g/mol. The highest BCUT2D eigenvalue weighted by atomic mass is 35.5. The topological polar surface area (TPSA) is 37.4 Å². The molecular weight excluding hydrogens is 222 g/mol. The predicted octanol–water partition coefficient (Wildman–Crippen LogP) is 1.82. The lowest BCUT2D eigenvalue weighted by Crippen LogP contribution is -2.35. The van der Waals surface area contributed by atoms with E-state index in [0.717, 1.165) is 25.7 Å². The summed E-state index contributed by atoms with van der Waals surface area (Å²) in [4.78, 5) is 0. The van der Waals surface area contributed by atoms with Gasteiger partial charge >= 0.3 is 0 Å². The van der Waals surface area contributed by atoms with Crippen LogP contribution in [0.1, 0.15) is 32.1 Å². The first-order chi connectivity index (χ1) is 6.67. The van der Waals surface area contributed by atoms with E-state index in [1.54, 1.807) is 4.31 Å². The minimum Gasteiger partial charge on any atom is -0.212 e. The number of alkyl halides is 1. The lowest BCUT2D eigenvalue weighted by Gasteiger charge is -2.23. The molecule has 84 valence electrons. The van der Waals surface area contributed by atoms with Crippen molar-refractivity contribution in [3.05, 3.63) is 0 Å². The van der Waals surface area contributed by atoms with Crippen molar-refractivity contribution in [1.29, 1.82) is 0 Å². The molecule has 0 aliphatic carbocycles. The largest absolute Gasteiger partial charge is 0.215 e. The molecule has 0 spiro atoms. The van der Waals surface area contributed by atoms with Crippen LogP contribution in [0, 0.1) is 0 Å². The van der Waals surface area contributed by atoms with Gasteiger partial charge in [-0.25, -0.2) is 12.7 Å². The lowest BCUT2D eigenvalue weighted by molar-refractivity contribution is 0.365. The number of sulfonamides is 1. The van der Waals surface area contributed by atoms with Crippen LogP contribution in [-0.4, -0.2) is 37.4 Å². The standard InChI is InChI=1S/C9H18ClNO2S/c10-6-9-14(12,13)11-7-4-2-1-3-5-8-11/h1-9H2. The Morgan fingerprint density at radius 1 is 1.00 bits per heavy atom. The molecule has 1 fully saturated rings. The number of hydrogen-bond donors (Lipinski definition) is 0. The molecule has 1 rings (SSSR count). The molecule has 1 saturated heterocycles. The second-order valence-corrected chi connectivity index (χ2v) is 6.14. The van der Waals surface area contributed by atoms with Crippen molar-refractivity contribution in [3.8, 4) is 0 Å². The van der Waals surface area contributed by atoms with Gasteiger partial charge in [-0.3, -0.25) is 0 Å². The van der Waals surface area contributed by atoms with Crippen molar-refractivity contribution in [3.63, 3.8) is 0 Å². The molecule has 1 aliphatic rings. The van der Waals surface area contributed by atoms with Gasteiger partial charge in [-0.15, -0.1) is 11.6 Å². The molecule has 1 heterocycles. The Balaban J connectivity index is 2.54. The van der Waals surface area contributed by atoms with E-state index in [2.05, 4.69) is 0 Å². The molecule has 0 unspecified atom stereocenters. The van der Waals surface area contributed by atoms with Gasteiger partial charge in [0.1, 0.15) is 0 Å². The quantitative estimate of drug-likeness (QED) is 0.705. The van der Waals surface area contributed by atoms with E-state index in [9.17, 15) is 8.42 Å². The summed E-state index contributed by atoms with van der Waals surface area (Å²) >= 11 is 5.47. The van der Waals surface area contributed by atoms with E-state index in [-0.39, 0.29) is 11.6 Å². The molecular formula is C9H18ClNO2S. The van der Waals surface area contributed by atoms with Crippen molar-refractivity contribution < 1.29 is 8.42 Å². The van der Waals surface area contributed by atoms with Crippen molar-refractivity contribution in [2.24, 2.45) is 0 Å². The summed E-state index contributed by atoms with van der Waals surface area (Å²) in [5.41, 5.74) is 0. The number of rotatable bonds is 3. The summed E-state index contributed by atoms with van der Waals surface area (Å²) in [5.74, 6) is 0.271. The van der Waals surface area contributed by atoms with Crippen LogP contribution in [-0.2, 0) is 10.0 Å². The predicted molar refractivity (Wildman–Crippen MR) is 59.2 cm³/mol. The molecule has 1 aliphatic heterocycles. The van der Waals surface area contributed by atoms with Crippen LogP contribution in [0.5, 0.6) is 0 Å². The van der Waals surface area contributed by atoms with Crippen LogP contribution < -0.4 is 0 Å². The van der Waals surface area contributed by atoms with Crippen LogP contribution in [0.2, 0.25) is 0 Å². The van der Waals surface area contributed by atoms with E-state index in [4.69, 9.17) is 11.6 Å². The molecule has 0 atom stereocenters. The SMILES string of the molecule is O=S(=O)(CCCl)N1CCCCCCC1. The Kier molecular flexibility index (Phi) is 5.20. The zero-order valence-electron chi connectivity index (χ0n) is 8.41. The Morgan fingerprint density at radius 2 is 1.50 bits per heavy atom. The number of hydrogen-bond acceptors (Lipinski definition) is 2. The molecule has 0 amide bonds. The maximum atomic E-state index is 11.7. The fourth-order valence-electron chi connectivity index (χ4n) is 1.72. The van der Waals surface area contributed by atoms with Crippen LogP contribution in [0.25, 0.3) is 0 Å². The van der Waals surface area contributed by atoms with Gasteiger partial charge < -0.3 is 0 Å².